The van der Waals surface area contributed by atoms with Crippen LogP contribution in [0.2, 0.25) is 0 Å². The number of amides is 1. The summed E-state index contributed by atoms with van der Waals surface area (Å²) in [6, 6.07) is 7.31. The first-order valence-corrected chi connectivity index (χ1v) is 8.67. The maximum atomic E-state index is 11.5. The van der Waals surface area contributed by atoms with Crippen LogP contribution in [0.1, 0.15) is 20.8 Å². The van der Waals surface area contributed by atoms with E-state index in [1.165, 1.54) is 11.8 Å². The van der Waals surface area contributed by atoms with Crippen LogP contribution >= 0.6 is 11.8 Å². The van der Waals surface area contributed by atoms with Gasteiger partial charge in [0.2, 0.25) is 5.89 Å². The Hall–Kier alpha value is -2.22. The van der Waals surface area contributed by atoms with Crippen molar-refractivity contribution >= 4 is 17.9 Å². The van der Waals surface area contributed by atoms with Crippen molar-refractivity contribution in [1.29, 1.82) is 0 Å². The first-order valence-electron chi connectivity index (χ1n) is 7.45. The SMILES string of the molecule is CSc1nnc(-c2ccc(OCCNC(=O)OC(C)(C)C)cc2)o1. The van der Waals surface area contributed by atoms with Crippen LogP contribution in [0.5, 0.6) is 5.75 Å². The van der Waals surface area contributed by atoms with Gasteiger partial charge in [-0.1, -0.05) is 11.8 Å². The van der Waals surface area contributed by atoms with E-state index in [1.807, 2.05) is 51.3 Å². The summed E-state index contributed by atoms with van der Waals surface area (Å²) in [5, 5.41) is 11.0. The van der Waals surface area contributed by atoms with E-state index in [0.29, 0.717) is 30.0 Å². The average Bonchev–Trinajstić information content (AvgIpc) is 2.99. The third kappa shape index (κ3) is 5.77. The van der Waals surface area contributed by atoms with Crippen molar-refractivity contribution in [3.8, 4) is 17.2 Å². The molecule has 130 valence electrons. The third-order valence-electron chi connectivity index (χ3n) is 2.72. The molecule has 1 amide bonds. The molecule has 0 aliphatic carbocycles. The van der Waals surface area contributed by atoms with Gasteiger partial charge < -0.3 is 19.2 Å². The van der Waals surface area contributed by atoms with E-state index in [2.05, 4.69) is 15.5 Å². The number of carbonyl (C=O) groups excluding carboxylic acids is 1. The van der Waals surface area contributed by atoms with Crippen LogP contribution in [0.25, 0.3) is 11.5 Å². The molecule has 1 N–H and O–H groups in total. The van der Waals surface area contributed by atoms with Crippen LogP contribution in [-0.2, 0) is 4.74 Å². The molecule has 0 aliphatic rings. The van der Waals surface area contributed by atoms with E-state index in [9.17, 15) is 4.79 Å². The zero-order chi connectivity index (χ0) is 17.6. The number of hydrogen-bond donors (Lipinski definition) is 1. The summed E-state index contributed by atoms with van der Waals surface area (Å²) in [5.41, 5.74) is 0.313. The van der Waals surface area contributed by atoms with E-state index in [-0.39, 0.29) is 0 Å². The highest BCUT2D eigenvalue weighted by Crippen LogP contribution is 2.23. The number of rotatable bonds is 6. The van der Waals surface area contributed by atoms with Gasteiger partial charge in [0.1, 0.15) is 18.0 Å². The van der Waals surface area contributed by atoms with Gasteiger partial charge in [-0.15, -0.1) is 10.2 Å². The maximum absolute atomic E-state index is 11.5. The molecular weight excluding hydrogens is 330 g/mol. The van der Waals surface area contributed by atoms with Gasteiger partial charge in [-0.2, -0.15) is 0 Å². The average molecular weight is 351 g/mol. The van der Waals surface area contributed by atoms with Gasteiger partial charge in [-0.05, 0) is 51.3 Å². The highest BCUT2D eigenvalue weighted by Gasteiger charge is 2.15. The Kier molecular flexibility index (Phi) is 6.08. The molecule has 0 unspecified atom stereocenters. The topological polar surface area (TPSA) is 86.5 Å². The lowest BCUT2D eigenvalue weighted by Gasteiger charge is -2.19. The summed E-state index contributed by atoms with van der Waals surface area (Å²) < 4.78 is 16.2. The van der Waals surface area contributed by atoms with Crippen LogP contribution in [0.15, 0.2) is 33.9 Å². The summed E-state index contributed by atoms with van der Waals surface area (Å²) >= 11 is 1.40. The predicted octanol–water partition coefficient (Wildman–Crippen LogP) is 3.36. The fourth-order valence-corrected chi connectivity index (χ4v) is 2.02. The monoisotopic (exact) mass is 351 g/mol. The molecule has 8 heteroatoms. The molecule has 1 heterocycles. The Bertz CT molecular complexity index is 665. The molecule has 7 nitrogen and oxygen atoms in total. The summed E-state index contributed by atoms with van der Waals surface area (Å²) in [6.45, 7) is 6.15. The lowest BCUT2D eigenvalue weighted by Crippen LogP contribution is -2.34. The van der Waals surface area contributed by atoms with Crippen molar-refractivity contribution in [3.63, 3.8) is 0 Å². The van der Waals surface area contributed by atoms with Gasteiger partial charge in [0.25, 0.3) is 5.22 Å². The molecule has 0 bridgehead atoms. The fourth-order valence-electron chi connectivity index (χ4n) is 1.74. The smallest absolute Gasteiger partial charge is 0.407 e. The van der Waals surface area contributed by atoms with Crippen molar-refractivity contribution in [3.05, 3.63) is 24.3 Å². The lowest BCUT2D eigenvalue weighted by atomic mass is 10.2. The molecule has 0 fully saturated rings. The predicted molar refractivity (Wildman–Crippen MR) is 91.2 cm³/mol. The fraction of sp³-hybridized carbons (Fsp3) is 0.438. The minimum absolute atomic E-state index is 0.343. The molecule has 0 saturated carbocycles. The Labute approximate surface area is 145 Å². The molecule has 2 rings (SSSR count). The van der Waals surface area contributed by atoms with Crippen LogP contribution < -0.4 is 10.1 Å². The number of carbonyl (C=O) groups is 1. The molecule has 0 spiro atoms. The quantitative estimate of drug-likeness (QED) is 0.631. The first kappa shape index (κ1) is 18.1. The number of ether oxygens (including phenoxy) is 2. The minimum Gasteiger partial charge on any atom is -0.492 e. The second-order valence-corrected chi connectivity index (χ2v) is 6.64. The maximum Gasteiger partial charge on any atom is 0.407 e. The van der Waals surface area contributed by atoms with E-state index < -0.39 is 11.7 Å². The van der Waals surface area contributed by atoms with E-state index in [0.717, 1.165) is 5.56 Å². The zero-order valence-corrected chi connectivity index (χ0v) is 15.0. The standard InChI is InChI=1S/C16H21N3O4S/c1-16(2,3)23-14(20)17-9-10-21-12-7-5-11(6-8-12)13-18-19-15(22-13)24-4/h5-8H,9-10H2,1-4H3,(H,17,20). The zero-order valence-electron chi connectivity index (χ0n) is 14.2. The number of nitrogens with one attached hydrogen (secondary N) is 1. The third-order valence-corrected chi connectivity index (χ3v) is 3.24. The van der Waals surface area contributed by atoms with Crippen molar-refractivity contribution in [1.82, 2.24) is 15.5 Å². The van der Waals surface area contributed by atoms with Gasteiger partial charge in [0.05, 0.1) is 6.54 Å². The number of benzene rings is 1. The first-order chi connectivity index (χ1) is 11.4. The summed E-state index contributed by atoms with van der Waals surface area (Å²) in [6.07, 6.45) is 1.42. The van der Waals surface area contributed by atoms with Gasteiger partial charge >= 0.3 is 6.09 Å². The van der Waals surface area contributed by atoms with Gasteiger partial charge in [0, 0.05) is 5.56 Å². The Balaban J connectivity index is 1.77. The summed E-state index contributed by atoms with van der Waals surface area (Å²) in [7, 11) is 0. The van der Waals surface area contributed by atoms with Crippen molar-refractivity contribution in [2.24, 2.45) is 0 Å². The van der Waals surface area contributed by atoms with Crippen LogP contribution in [0.4, 0.5) is 4.79 Å². The lowest BCUT2D eigenvalue weighted by molar-refractivity contribution is 0.0520. The molecule has 0 atom stereocenters. The molecule has 0 saturated heterocycles. The Morgan fingerprint density at radius 1 is 1.25 bits per heavy atom. The van der Waals surface area contributed by atoms with Gasteiger partial charge in [-0.25, -0.2) is 4.79 Å². The molecule has 2 aromatic rings. The van der Waals surface area contributed by atoms with Crippen LogP contribution in [-0.4, -0.2) is 41.3 Å². The Morgan fingerprint density at radius 2 is 1.96 bits per heavy atom. The second kappa shape index (κ2) is 8.05. The number of nitrogens with zero attached hydrogens (tertiary/aromatic N) is 2. The van der Waals surface area contributed by atoms with E-state index >= 15 is 0 Å². The van der Waals surface area contributed by atoms with Gasteiger partial charge in [-0.3, -0.25) is 0 Å². The molecule has 1 aromatic carbocycles. The normalized spacial score (nSPS) is 11.2. The number of aromatic nitrogens is 2. The van der Waals surface area contributed by atoms with Crippen molar-refractivity contribution in [2.45, 2.75) is 31.6 Å². The molecular formula is C16H21N3O4S. The molecule has 0 aliphatic heterocycles. The summed E-state index contributed by atoms with van der Waals surface area (Å²) in [4.78, 5) is 11.5. The van der Waals surface area contributed by atoms with E-state index in [4.69, 9.17) is 13.9 Å². The highest BCUT2D eigenvalue weighted by atomic mass is 32.2. The van der Waals surface area contributed by atoms with E-state index in [1.54, 1.807) is 0 Å². The highest BCUT2D eigenvalue weighted by molar-refractivity contribution is 7.98. The second-order valence-electron chi connectivity index (χ2n) is 5.88. The number of alkyl carbamates (subject to hydrolysis) is 1. The van der Waals surface area contributed by atoms with Crippen molar-refractivity contribution in [2.75, 3.05) is 19.4 Å². The molecule has 0 radical (unpaired) electrons. The van der Waals surface area contributed by atoms with Crippen LogP contribution in [0.3, 0.4) is 0 Å². The van der Waals surface area contributed by atoms with Gasteiger partial charge in [0.15, 0.2) is 0 Å². The van der Waals surface area contributed by atoms with Crippen molar-refractivity contribution < 1.29 is 18.7 Å². The Morgan fingerprint density at radius 3 is 2.54 bits per heavy atom. The minimum atomic E-state index is -0.508. The van der Waals surface area contributed by atoms with Crippen LogP contribution in [0, 0.1) is 0 Å². The largest absolute Gasteiger partial charge is 0.492 e. The molecule has 1 aromatic heterocycles. The summed E-state index contributed by atoms with van der Waals surface area (Å²) in [5.74, 6) is 1.16. The number of thioether (sulfide) groups is 1. The number of hydrogen-bond acceptors (Lipinski definition) is 7. The molecule has 24 heavy (non-hydrogen) atoms.